The van der Waals surface area contributed by atoms with E-state index in [1.807, 2.05) is 36.9 Å². The predicted octanol–water partition coefficient (Wildman–Crippen LogP) is 3.81. The zero-order valence-electron chi connectivity index (χ0n) is 20.3. The Bertz CT molecular complexity index is 1260. The number of likely N-dealkylation sites (tertiary alicyclic amines) is 2. The van der Waals surface area contributed by atoms with Gasteiger partial charge in [0.15, 0.2) is 0 Å². The van der Waals surface area contributed by atoms with E-state index in [2.05, 4.69) is 25.5 Å². The van der Waals surface area contributed by atoms with E-state index < -0.39 is 6.03 Å². The molecule has 0 spiro atoms. The Morgan fingerprint density at radius 2 is 1.71 bits per heavy atom. The van der Waals surface area contributed by atoms with Crippen molar-refractivity contribution in [2.75, 3.05) is 36.8 Å². The lowest BCUT2D eigenvalue weighted by Gasteiger charge is -2.36. The number of aryl methyl sites for hydroxylation is 1. The van der Waals surface area contributed by atoms with Crippen molar-refractivity contribution in [3.05, 3.63) is 41.9 Å². The molecule has 0 bridgehead atoms. The van der Waals surface area contributed by atoms with Gasteiger partial charge < -0.3 is 20.9 Å². The third kappa shape index (κ3) is 4.66. The maximum absolute atomic E-state index is 12.8. The van der Waals surface area contributed by atoms with Crippen LogP contribution in [0.3, 0.4) is 0 Å². The van der Waals surface area contributed by atoms with Gasteiger partial charge in [-0.15, -0.1) is 0 Å². The molecule has 2 saturated heterocycles. The molecule has 4 N–H and O–H groups in total. The number of benzene rings is 1. The number of nitrogens with zero attached hydrogens (tertiary/aromatic N) is 5. The topological polar surface area (TPSA) is 121 Å². The number of nitrogens with two attached hydrogens (primary N) is 1. The van der Waals surface area contributed by atoms with Crippen LogP contribution in [0.2, 0.25) is 0 Å². The number of anilines is 3. The molecule has 10 nitrogen and oxygen atoms in total. The Morgan fingerprint density at radius 3 is 2.43 bits per heavy atom. The van der Waals surface area contributed by atoms with E-state index in [9.17, 15) is 9.59 Å². The fraction of sp³-hybridized carbons (Fsp3) is 0.440. The van der Waals surface area contributed by atoms with Gasteiger partial charge in [-0.1, -0.05) is 0 Å². The van der Waals surface area contributed by atoms with Gasteiger partial charge in [-0.3, -0.25) is 9.88 Å². The van der Waals surface area contributed by atoms with E-state index in [-0.39, 0.29) is 6.03 Å². The molecule has 5 rings (SSSR count). The maximum Gasteiger partial charge on any atom is 0.323 e. The van der Waals surface area contributed by atoms with Crippen molar-refractivity contribution in [2.24, 2.45) is 5.73 Å². The van der Waals surface area contributed by atoms with E-state index in [1.54, 1.807) is 6.07 Å². The molecule has 0 radical (unpaired) electrons. The summed E-state index contributed by atoms with van der Waals surface area (Å²) in [5.41, 5.74) is 8.94. The monoisotopic (exact) mass is 476 g/mol. The number of rotatable bonds is 4. The SMILES string of the molecule is Cc1c(C)n(C(N)=O)c2ccc(Nc3cc(NC(=O)N4CCC(N5CCCC5)CC4)ncn3)cc12. The first-order valence-corrected chi connectivity index (χ1v) is 12.2. The lowest BCUT2D eigenvalue weighted by Crippen LogP contribution is -2.47. The largest absolute Gasteiger partial charge is 0.351 e. The highest BCUT2D eigenvalue weighted by Gasteiger charge is 2.28. The van der Waals surface area contributed by atoms with Gasteiger partial charge in [-0.25, -0.2) is 19.6 Å². The van der Waals surface area contributed by atoms with Gasteiger partial charge in [-0.05, 0) is 76.4 Å². The summed E-state index contributed by atoms with van der Waals surface area (Å²) >= 11 is 0. The van der Waals surface area contributed by atoms with Crippen LogP contribution in [0.4, 0.5) is 26.9 Å². The smallest absolute Gasteiger partial charge is 0.323 e. The Labute approximate surface area is 204 Å². The molecule has 3 amide bonds. The van der Waals surface area contributed by atoms with E-state index in [0.29, 0.717) is 17.7 Å². The molecule has 0 atom stereocenters. The lowest BCUT2D eigenvalue weighted by molar-refractivity contribution is 0.140. The number of primary amides is 1. The van der Waals surface area contributed by atoms with Crippen LogP contribution >= 0.6 is 0 Å². The highest BCUT2D eigenvalue weighted by Crippen LogP contribution is 2.29. The van der Waals surface area contributed by atoms with Crippen LogP contribution in [0.1, 0.15) is 36.9 Å². The molecule has 0 unspecified atom stereocenters. The molecular weight excluding hydrogens is 444 g/mol. The summed E-state index contributed by atoms with van der Waals surface area (Å²) in [6, 6.07) is 7.37. The van der Waals surface area contributed by atoms with Crippen molar-refractivity contribution < 1.29 is 9.59 Å². The first kappa shape index (κ1) is 23.1. The molecule has 3 aromatic rings. The highest BCUT2D eigenvalue weighted by molar-refractivity contribution is 5.96. The van der Waals surface area contributed by atoms with Gasteiger partial charge in [0.1, 0.15) is 18.0 Å². The third-order valence-corrected chi connectivity index (χ3v) is 7.32. The predicted molar refractivity (Wildman–Crippen MR) is 136 cm³/mol. The van der Waals surface area contributed by atoms with Gasteiger partial charge in [0.2, 0.25) is 0 Å². The molecule has 35 heavy (non-hydrogen) atoms. The fourth-order valence-electron chi connectivity index (χ4n) is 5.31. The standard InChI is InChI=1S/C25H32N8O2/c1-16-17(2)33(24(26)34)21-6-5-18(13-20(16)21)29-22-14-23(28-15-27-22)30-25(35)32-11-7-19(8-12-32)31-9-3-4-10-31/h5-6,13-15,19H,3-4,7-12H2,1-2H3,(H2,26,34)(H2,27,28,29,30,35). The number of nitrogens with one attached hydrogen (secondary N) is 2. The van der Waals surface area contributed by atoms with Crippen LogP contribution in [0.25, 0.3) is 10.9 Å². The number of hydrogen-bond acceptors (Lipinski definition) is 6. The molecule has 0 aliphatic carbocycles. The average molecular weight is 477 g/mol. The number of aromatic nitrogens is 3. The van der Waals surface area contributed by atoms with Crippen molar-refractivity contribution in [1.82, 2.24) is 24.3 Å². The minimum Gasteiger partial charge on any atom is -0.351 e. The molecule has 184 valence electrons. The number of amides is 3. The Kier molecular flexibility index (Phi) is 6.29. The van der Waals surface area contributed by atoms with E-state index in [0.717, 1.165) is 53.8 Å². The molecule has 1 aromatic carbocycles. The number of carbonyl (C=O) groups excluding carboxylic acids is 2. The second-order valence-corrected chi connectivity index (χ2v) is 9.42. The minimum absolute atomic E-state index is 0.130. The van der Waals surface area contributed by atoms with Gasteiger partial charge in [0.25, 0.3) is 0 Å². The van der Waals surface area contributed by atoms with Crippen molar-refractivity contribution in [1.29, 1.82) is 0 Å². The number of piperidine rings is 1. The zero-order valence-corrected chi connectivity index (χ0v) is 20.3. The van der Waals surface area contributed by atoms with Crippen LogP contribution in [0.5, 0.6) is 0 Å². The summed E-state index contributed by atoms with van der Waals surface area (Å²) in [6.45, 7) is 7.74. The first-order chi connectivity index (χ1) is 16.9. The lowest BCUT2D eigenvalue weighted by atomic mass is 10.0. The molecule has 10 heteroatoms. The molecule has 2 aliphatic heterocycles. The Morgan fingerprint density at radius 1 is 1.00 bits per heavy atom. The fourth-order valence-corrected chi connectivity index (χ4v) is 5.31. The van der Waals surface area contributed by atoms with Crippen molar-refractivity contribution >= 4 is 40.3 Å². The molecular formula is C25H32N8O2. The summed E-state index contributed by atoms with van der Waals surface area (Å²) in [6.07, 6.45) is 6.04. The van der Waals surface area contributed by atoms with Crippen molar-refractivity contribution in [3.63, 3.8) is 0 Å². The van der Waals surface area contributed by atoms with Crippen LogP contribution in [-0.2, 0) is 0 Å². The minimum atomic E-state index is -0.502. The molecule has 2 aliphatic rings. The van der Waals surface area contributed by atoms with Crippen LogP contribution in [0.15, 0.2) is 30.6 Å². The zero-order chi connectivity index (χ0) is 24.5. The van der Waals surface area contributed by atoms with Crippen LogP contribution in [-0.4, -0.2) is 68.6 Å². The van der Waals surface area contributed by atoms with Gasteiger partial charge in [-0.2, -0.15) is 0 Å². The summed E-state index contributed by atoms with van der Waals surface area (Å²) in [5, 5.41) is 7.11. The quantitative estimate of drug-likeness (QED) is 0.526. The normalized spacial score (nSPS) is 17.1. The van der Waals surface area contributed by atoms with Crippen molar-refractivity contribution in [3.8, 4) is 0 Å². The second-order valence-electron chi connectivity index (χ2n) is 9.42. The summed E-state index contributed by atoms with van der Waals surface area (Å²) < 4.78 is 1.51. The molecule has 0 saturated carbocycles. The molecule has 2 fully saturated rings. The van der Waals surface area contributed by atoms with E-state index in [4.69, 9.17) is 5.73 Å². The van der Waals surface area contributed by atoms with Gasteiger partial charge >= 0.3 is 12.1 Å². The number of carbonyl (C=O) groups is 2. The third-order valence-electron chi connectivity index (χ3n) is 7.32. The van der Waals surface area contributed by atoms with Gasteiger partial charge in [0.05, 0.1) is 5.52 Å². The second kappa shape index (κ2) is 9.53. The number of urea groups is 1. The number of fused-ring (bicyclic) bond motifs is 1. The van der Waals surface area contributed by atoms with Crippen LogP contribution in [0, 0.1) is 13.8 Å². The van der Waals surface area contributed by atoms with Crippen LogP contribution < -0.4 is 16.4 Å². The highest BCUT2D eigenvalue weighted by atomic mass is 16.2. The summed E-state index contributed by atoms with van der Waals surface area (Å²) in [5.74, 6) is 1.01. The van der Waals surface area contributed by atoms with Gasteiger partial charge in [0, 0.05) is 42.0 Å². The van der Waals surface area contributed by atoms with E-state index in [1.165, 1.54) is 36.8 Å². The molecule has 4 heterocycles. The first-order valence-electron chi connectivity index (χ1n) is 12.2. The molecule has 2 aromatic heterocycles. The summed E-state index contributed by atoms with van der Waals surface area (Å²) in [7, 11) is 0. The maximum atomic E-state index is 12.8. The Balaban J connectivity index is 1.24. The summed E-state index contributed by atoms with van der Waals surface area (Å²) in [4.78, 5) is 37.6. The van der Waals surface area contributed by atoms with Crippen molar-refractivity contribution in [2.45, 2.75) is 45.6 Å². The van der Waals surface area contributed by atoms with E-state index >= 15 is 0 Å². The average Bonchev–Trinajstić information content (AvgIpc) is 3.47. The Hall–Kier alpha value is -3.66. The number of hydrogen-bond donors (Lipinski definition) is 3.